The van der Waals surface area contributed by atoms with Crippen LogP contribution in [0.15, 0.2) is 41.4 Å². The Morgan fingerprint density at radius 2 is 1.53 bits per heavy atom. The number of carbonyl (C=O) groups is 2. The van der Waals surface area contributed by atoms with Gasteiger partial charge in [0, 0.05) is 18.8 Å². The van der Waals surface area contributed by atoms with Crippen molar-refractivity contribution in [2.75, 3.05) is 13.2 Å². The highest BCUT2D eigenvalue weighted by molar-refractivity contribution is 9.11. The Hall–Kier alpha value is -1.70. The largest absolute Gasteiger partial charge is 0.465 e. The van der Waals surface area contributed by atoms with Crippen LogP contribution in [0.4, 0.5) is 0 Å². The van der Waals surface area contributed by atoms with Gasteiger partial charge in [-0.3, -0.25) is 9.59 Å². The maximum Gasteiger partial charge on any atom is 0.324 e. The quantitative estimate of drug-likeness (QED) is 0.374. The van der Waals surface area contributed by atoms with E-state index < -0.39 is 23.6 Å². The van der Waals surface area contributed by atoms with Gasteiger partial charge in [0.05, 0.1) is 25.4 Å². The smallest absolute Gasteiger partial charge is 0.324 e. The molecule has 2 rings (SSSR count). The molecule has 30 heavy (non-hydrogen) atoms. The van der Waals surface area contributed by atoms with E-state index in [9.17, 15) is 9.59 Å². The molecule has 0 aliphatic carbocycles. The molecule has 1 fully saturated rings. The number of esters is 2. The molecule has 0 N–H and O–H groups in total. The third-order valence-electron chi connectivity index (χ3n) is 5.27. The lowest BCUT2D eigenvalue weighted by molar-refractivity contribution is -0.257. The summed E-state index contributed by atoms with van der Waals surface area (Å²) in [7, 11) is 0. The Labute approximate surface area is 187 Å². The van der Waals surface area contributed by atoms with Gasteiger partial charge in [0.15, 0.2) is 11.7 Å². The van der Waals surface area contributed by atoms with Crippen LogP contribution in [0.5, 0.6) is 0 Å². The Morgan fingerprint density at radius 1 is 1.03 bits per heavy atom. The van der Waals surface area contributed by atoms with Crippen LogP contribution in [-0.2, 0) is 28.5 Å². The molecule has 2 atom stereocenters. The number of ether oxygens (including phenoxy) is 4. The predicted octanol–water partition coefficient (Wildman–Crippen LogP) is 4.72. The molecule has 7 heteroatoms. The Kier molecular flexibility index (Phi) is 9.07. The summed E-state index contributed by atoms with van der Waals surface area (Å²) in [5.74, 6) is -1.29. The lowest BCUT2D eigenvalue weighted by Gasteiger charge is -2.42. The lowest BCUT2D eigenvalue weighted by Crippen LogP contribution is -2.49. The maximum absolute atomic E-state index is 12.9. The molecule has 1 aliphatic heterocycles. The summed E-state index contributed by atoms with van der Waals surface area (Å²) in [6.45, 7) is 11.4. The fourth-order valence-electron chi connectivity index (χ4n) is 3.99. The summed E-state index contributed by atoms with van der Waals surface area (Å²) < 4.78 is 23.3. The van der Waals surface area contributed by atoms with E-state index in [1.165, 1.54) is 0 Å². The SMILES string of the molecule is C=C(Br)CC(CC1O[C@@H](C)C(c2ccccc2)[C@H](C)O1)(C(=O)OCC)C(=O)OCC. The van der Waals surface area contributed by atoms with Gasteiger partial charge in [0.2, 0.25) is 0 Å². The highest BCUT2D eigenvalue weighted by Crippen LogP contribution is 2.41. The van der Waals surface area contributed by atoms with E-state index in [0.717, 1.165) is 5.56 Å². The molecule has 0 radical (unpaired) electrons. The van der Waals surface area contributed by atoms with Crippen LogP contribution in [0.2, 0.25) is 0 Å². The first-order valence-electron chi connectivity index (χ1n) is 10.3. The summed E-state index contributed by atoms with van der Waals surface area (Å²) in [5.41, 5.74) is -0.483. The fourth-order valence-corrected chi connectivity index (χ4v) is 4.47. The van der Waals surface area contributed by atoms with Crippen LogP contribution >= 0.6 is 15.9 Å². The van der Waals surface area contributed by atoms with Gasteiger partial charge in [-0.05, 0) is 37.7 Å². The van der Waals surface area contributed by atoms with Crippen LogP contribution in [-0.4, -0.2) is 43.7 Å². The van der Waals surface area contributed by atoms with Crippen molar-refractivity contribution < 1.29 is 28.5 Å². The van der Waals surface area contributed by atoms with Crippen molar-refractivity contribution in [1.82, 2.24) is 0 Å². The normalized spacial score (nSPS) is 24.2. The van der Waals surface area contributed by atoms with Gasteiger partial charge in [-0.25, -0.2) is 0 Å². The lowest BCUT2D eigenvalue weighted by atomic mass is 9.80. The first-order chi connectivity index (χ1) is 14.2. The van der Waals surface area contributed by atoms with Gasteiger partial charge in [-0.15, -0.1) is 0 Å². The van der Waals surface area contributed by atoms with Gasteiger partial charge in [0.25, 0.3) is 0 Å². The van der Waals surface area contributed by atoms with Gasteiger partial charge >= 0.3 is 11.9 Å². The first-order valence-corrected chi connectivity index (χ1v) is 11.1. The van der Waals surface area contributed by atoms with Crippen molar-refractivity contribution in [3.05, 3.63) is 47.0 Å². The van der Waals surface area contributed by atoms with E-state index in [0.29, 0.717) is 4.48 Å². The molecular weight excluding hydrogens is 452 g/mol. The molecular formula is C23H31BrO6. The molecule has 6 nitrogen and oxygen atoms in total. The van der Waals surface area contributed by atoms with Gasteiger partial charge in [0.1, 0.15) is 0 Å². The molecule has 0 aromatic heterocycles. The number of hydrogen-bond acceptors (Lipinski definition) is 6. The van der Waals surface area contributed by atoms with E-state index >= 15 is 0 Å². The summed E-state index contributed by atoms with van der Waals surface area (Å²) in [5, 5.41) is 0. The second-order valence-corrected chi connectivity index (χ2v) is 8.59. The van der Waals surface area contributed by atoms with Gasteiger partial charge in [-0.2, -0.15) is 0 Å². The zero-order chi connectivity index (χ0) is 22.3. The number of carbonyl (C=O) groups excluding carboxylic acids is 2. The number of hydrogen-bond donors (Lipinski definition) is 0. The Morgan fingerprint density at radius 3 is 1.97 bits per heavy atom. The molecule has 0 bridgehead atoms. The average Bonchev–Trinajstić information content (AvgIpc) is 2.67. The first kappa shape index (κ1) is 24.6. The van der Waals surface area contributed by atoms with Crippen LogP contribution in [0.3, 0.4) is 0 Å². The van der Waals surface area contributed by atoms with E-state index in [4.69, 9.17) is 18.9 Å². The van der Waals surface area contributed by atoms with E-state index in [1.54, 1.807) is 13.8 Å². The van der Waals surface area contributed by atoms with Crippen molar-refractivity contribution in [1.29, 1.82) is 0 Å². The zero-order valence-electron chi connectivity index (χ0n) is 18.1. The van der Waals surface area contributed by atoms with E-state index in [-0.39, 0.29) is 44.2 Å². The molecule has 0 unspecified atom stereocenters. The molecule has 1 heterocycles. The minimum atomic E-state index is -1.60. The predicted molar refractivity (Wildman–Crippen MR) is 117 cm³/mol. The molecule has 0 saturated carbocycles. The molecule has 1 aromatic carbocycles. The third-order valence-corrected chi connectivity index (χ3v) is 5.55. The summed E-state index contributed by atoms with van der Waals surface area (Å²) in [4.78, 5) is 25.9. The molecule has 1 aromatic rings. The van der Waals surface area contributed by atoms with Crippen molar-refractivity contribution in [3.8, 4) is 0 Å². The Bertz CT molecular complexity index is 704. The Balaban J connectivity index is 2.29. The van der Waals surface area contributed by atoms with Crippen molar-refractivity contribution in [3.63, 3.8) is 0 Å². The number of halogens is 1. The molecule has 1 saturated heterocycles. The zero-order valence-corrected chi connectivity index (χ0v) is 19.6. The molecule has 166 valence electrons. The number of allylic oxidation sites excluding steroid dienone is 1. The molecule has 1 aliphatic rings. The van der Waals surface area contributed by atoms with Crippen LogP contribution in [0.25, 0.3) is 0 Å². The fraction of sp³-hybridized carbons (Fsp3) is 0.565. The number of benzene rings is 1. The summed E-state index contributed by atoms with van der Waals surface area (Å²) in [6.07, 6.45) is -1.11. The highest BCUT2D eigenvalue weighted by Gasteiger charge is 2.52. The second-order valence-electron chi connectivity index (χ2n) is 7.47. The van der Waals surface area contributed by atoms with Gasteiger partial charge in [-0.1, -0.05) is 52.8 Å². The highest BCUT2D eigenvalue weighted by atomic mass is 79.9. The topological polar surface area (TPSA) is 71.1 Å². The molecule has 0 amide bonds. The summed E-state index contributed by atoms with van der Waals surface area (Å²) in [6, 6.07) is 10.0. The van der Waals surface area contributed by atoms with Crippen molar-refractivity contribution >= 4 is 27.9 Å². The monoisotopic (exact) mass is 482 g/mol. The van der Waals surface area contributed by atoms with Crippen molar-refractivity contribution in [2.24, 2.45) is 5.41 Å². The maximum atomic E-state index is 12.9. The third kappa shape index (κ3) is 5.71. The van der Waals surface area contributed by atoms with Crippen LogP contribution in [0.1, 0.15) is 52.0 Å². The van der Waals surface area contributed by atoms with Gasteiger partial charge < -0.3 is 18.9 Å². The van der Waals surface area contributed by atoms with Crippen LogP contribution in [0, 0.1) is 5.41 Å². The summed E-state index contributed by atoms with van der Waals surface area (Å²) >= 11 is 3.29. The molecule has 0 spiro atoms. The van der Waals surface area contributed by atoms with Crippen molar-refractivity contribution in [2.45, 2.75) is 65.0 Å². The minimum Gasteiger partial charge on any atom is -0.465 e. The average molecular weight is 483 g/mol. The minimum absolute atomic E-state index is 0.0223. The second kappa shape index (κ2) is 11.1. The van der Waals surface area contributed by atoms with Crippen LogP contribution < -0.4 is 0 Å². The van der Waals surface area contributed by atoms with E-state index in [1.807, 2.05) is 44.2 Å². The van der Waals surface area contributed by atoms with E-state index in [2.05, 4.69) is 22.5 Å². The number of rotatable bonds is 9. The standard InChI is InChI=1S/C23H31BrO6/c1-6-27-21(25)23(13-15(3)24,22(26)28-7-2)14-19-29-16(4)20(17(5)30-19)18-11-9-8-10-12-18/h8-12,16-17,19-20H,3,6-7,13-14H2,1-2,4-5H3/t16-,17-,19?,20?/m0/s1.